The summed E-state index contributed by atoms with van der Waals surface area (Å²) in [6, 6.07) is 14.7. The van der Waals surface area contributed by atoms with Crippen molar-refractivity contribution in [1.29, 1.82) is 0 Å². The van der Waals surface area contributed by atoms with Gasteiger partial charge in [0.15, 0.2) is 0 Å². The maximum atomic E-state index is 13.0. The molecule has 0 spiro atoms. The Balaban J connectivity index is 1.42. The van der Waals surface area contributed by atoms with Crippen LogP contribution < -0.4 is 10.6 Å². The van der Waals surface area contributed by atoms with Crippen molar-refractivity contribution in [2.24, 2.45) is 0 Å². The molecule has 2 aromatic carbocycles. The van der Waals surface area contributed by atoms with Crippen LogP contribution in [0.2, 0.25) is 0 Å². The second kappa shape index (κ2) is 10.2. The highest BCUT2D eigenvalue weighted by Gasteiger charge is 2.30. The number of hydrogen-bond acceptors (Lipinski definition) is 5. The summed E-state index contributed by atoms with van der Waals surface area (Å²) in [7, 11) is 1.27. The molecule has 11 heteroatoms. The van der Waals surface area contributed by atoms with Crippen LogP contribution in [0.5, 0.6) is 0 Å². The van der Waals surface area contributed by atoms with Crippen molar-refractivity contribution in [3.05, 3.63) is 94.8 Å². The number of halogens is 3. The number of nitrogens with one attached hydrogen (secondary N) is 3. The molecule has 2 aromatic heterocycles. The predicted molar refractivity (Wildman–Crippen MR) is 132 cm³/mol. The Labute approximate surface area is 208 Å². The molecule has 0 saturated heterocycles. The summed E-state index contributed by atoms with van der Waals surface area (Å²) in [6.45, 7) is 0.212. The number of nitrogens with zero attached hydrogens (tertiary/aromatic N) is 1. The summed E-state index contributed by atoms with van der Waals surface area (Å²) in [6.07, 6.45) is -3.01. The van der Waals surface area contributed by atoms with Crippen molar-refractivity contribution < 1.29 is 27.5 Å². The van der Waals surface area contributed by atoms with Crippen LogP contribution in [-0.2, 0) is 17.5 Å². The summed E-state index contributed by atoms with van der Waals surface area (Å²) < 4.78 is 43.6. The number of benzene rings is 2. The zero-order chi connectivity index (χ0) is 25.9. The molecule has 0 aliphatic rings. The Morgan fingerprint density at radius 1 is 1.06 bits per heavy atom. The quantitative estimate of drug-likeness (QED) is 0.246. The fourth-order valence-electron chi connectivity index (χ4n) is 3.45. The SMILES string of the molecule is COC(=O)c1cc2cc(NC(=O)c3cccc(CNC(=S)c4cccc(C(F)(F)F)c4)c3)cnc2[nH]1. The van der Waals surface area contributed by atoms with Crippen LogP contribution in [0.4, 0.5) is 18.9 Å². The highest BCUT2D eigenvalue weighted by Crippen LogP contribution is 2.29. The lowest BCUT2D eigenvalue weighted by molar-refractivity contribution is -0.137. The van der Waals surface area contributed by atoms with Gasteiger partial charge in [0.1, 0.15) is 16.3 Å². The zero-order valence-electron chi connectivity index (χ0n) is 18.8. The van der Waals surface area contributed by atoms with Crippen LogP contribution in [0.25, 0.3) is 11.0 Å². The fourth-order valence-corrected chi connectivity index (χ4v) is 3.65. The standard InChI is InChI=1S/C25H19F3N4O3S/c1-35-24(34)20-11-17-10-19(13-29-21(17)32-20)31-22(33)15-5-2-4-14(8-15)12-30-23(36)16-6-3-7-18(9-16)25(26,27)28/h2-11,13H,12H2,1H3,(H,29,32)(H,30,36)(H,31,33). The molecule has 36 heavy (non-hydrogen) atoms. The third-order valence-electron chi connectivity index (χ3n) is 5.23. The number of amides is 1. The van der Waals surface area contributed by atoms with Crippen LogP contribution in [0.1, 0.15) is 37.5 Å². The zero-order valence-corrected chi connectivity index (χ0v) is 19.6. The van der Waals surface area contributed by atoms with E-state index in [2.05, 4.69) is 25.3 Å². The number of fused-ring (bicyclic) bond motifs is 1. The molecule has 184 valence electrons. The third-order valence-corrected chi connectivity index (χ3v) is 5.61. The van der Waals surface area contributed by atoms with Crippen LogP contribution in [0.3, 0.4) is 0 Å². The average molecular weight is 513 g/mol. The van der Waals surface area contributed by atoms with Gasteiger partial charge in [-0.2, -0.15) is 13.2 Å². The third kappa shape index (κ3) is 5.69. The lowest BCUT2D eigenvalue weighted by Gasteiger charge is -2.12. The molecule has 2 heterocycles. The molecule has 0 fully saturated rings. The predicted octanol–water partition coefficient (Wildman–Crippen LogP) is 5.09. The number of pyridine rings is 1. The Hall–Kier alpha value is -4.25. The molecular formula is C25H19F3N4O3S. The molecule has 7 nitrogen and oxygen atoms in total. The average Bonchev–Trinajstić information content (AvgIpc) is 3.30. The van der Waals surface area contributed by atoms with E-state index in [4.69, 9.17) is 12.2 Å². The van der Waals surface area contributed by atoms with Crippen LogP contribution in [0, 0.1) is 0 Å². The number of thiocarbonyl (C=S) groups is 1. The number of carbonyl (C=O) groups excluding carboxylic acids is 2. The Morgan fingerprint density at radius 2 is 1.81 bits per heavy atom. The van der Waals surface area contributed by atoms with Gasteiger partial charge in [-0.3, -0.25) is 4.79 Å². The Bertz CT molecular complexity index is 1470. The van der Waals surface area contributed by atoms with Gasteiger partial charge in [0, 0.05) is 23.1 Å². The van der Waals surface area contributed by atoms with E-state index in [1.807, 2.05) is 0 Å². The van der Waals surface area contributed by atoms with Crippen molar-refractivity contribution >= 4 is 45.8 Å². The maximum absolute atomic E-state index is 13.0. The molecule has 0 aliphatic carbocycles. The molecule has 0 radical (unpaired) electrons. The Morgan fingerprint density at radius 3 is 2.56 bits per heavy atom. The number of carbonyl (C=O) groups is 2. The summed E-state index contributed by atoms with van der Waals surface area (Å²) >= 11 is 5.24. The first-order valence-corrected chi connectivity index (χ1v) is 11.0. The maximum Gasteiger partial charge on any atom is 0.416 e. The van der Waals surface area contributed by atoms with E-state index in [0.29, 0.717) is 27.8 Å². The summed E-state index contributed by atoms with van der Waals surface area (Å²) in [5.41, 5.74) is 1.68. The lowest BCUT2D eigenvalue weighted by atomic mass is 10.1. The van der Waals surface area contributed by atoms with Crippen molar-refractivity contribution in [2.75, 3.05) is 12.4 Å². The molecule has 0 atom stereocenters. The van der Waals surface area contributed by atoms with E-state index in [9.17, 15) is 22.8 Å². The largest absolute Gasteiger partial charge is 0.464 e. The smallest absolute Gasteiger partial charge is 0.416 e. The minimum absolute atomic E-state index is 0.160. The van der Waals surface area contributed by atoms with Crippen molar-refractivity contribution in [3.63, 3.8) is 0 Å². The lowest BCUT2D eigenvalue weighted by Crippen LogP contribution is -2.22. The van der Waals surface area contributed by atoms with Crippen LogP contribution in [0.15, 0.2) is 66.9 Å². The highest BCUT2D eigenvalue weighted by molar-refractivity contribution is 7.80. The monoisotopic (exact) mass is 512 g/mol. The van der Waals surface area contributed by atoms with Gasteiger partial charge in [-0.25, -0.2) is 9.78 Å². The molecule has 0 bridgehead atoms. The van der Waals surface area contributed by atoms with Crippen LogP contribution >= 0.6 is 12.2 Å². The minimum Gasteiger partial charge on any atom is -0.464 e. The summed E-state index contributed by atoms with van der Waals surface area (Å²) in [5, 5.41) is 6.30. The fraction of sp³-hybridized carbons (Fsp3) is 0.120. The van der Waals surface area contributed by atoms with Gasteiger partial charge >= 0.3 is 12.1 Å². The molecule has 4 aromatic rings. The van der Waals surface area contributed by atoms with Gasteiger partial charge in [0.25, 0.3) is 5.91 Å². The topological polar surface area (TPSA) is 96.1 Å². The van der Waals surface area contributed by atoms with E-state index < -0.39 is 17.7 Å². The van der Waals surface area contributed by atoms with Crippen molar-refractivity contribution in [3.8, 4) is 0 Å². The number of aromatic nitrogens is 2. The van der Waals surface area contributed by atoms with Gasteiger partial charge < -0.3 is 20.4 Å². The number of rotatable bonds is 6. The first-order chi connectivity index (χ1) is 17.1. The number of anilines is 1. The molecule has 0 saturated carbocycles. The van der Waals surface area contributed by atoms with E-state index in [1.165, 1.54) is 25.4 Å². The summed E-state index contributed by atoms with van der Waals surface area (Å²) in [5.74, 6) is -0.918. The number of ether oxygens (including phenoxy) is 1. The van der Waals surface area contributed by atoms with E-state index in [1.54, 1.807) is 36.4 Å². The van der Waals surface area contributed by atoms with E-state index in [-0.39, 0.29) is 28.7 Å². The normalized spacial score (nSPS) is 11.2. The minimum atomic E-state index is -4.46. The Kier molecular flexibility index (Phi) is 7.02. The molecule has 0 aliphatic heterocycles. The van der Waals surface area contributed by atoms with E-state index >= 15 is 0 Å². The van der Waals surface area contributed by atoms with Gasteiger partial charge in [-0.15, -0.1) is 0 Å². The van der Waals surface area contributed by atoms with Gasteiger partial charge in [0.2, 0.25) is 0 Å². The second-order valence-corrected chi connectivity index (χ2v) is 8.16. The first kappa shape index (κ1) is 24.9. The van der Waals surface area contributed by atoms with Crippen molar-refractivity contribution in [2.45, 2.75) is 12.7 Å². The van der Waals surface area contributed by atoms with Gasteiger partial charge in [-0.1, -0.05) is 36.5 Å². The van der Waals surface area contributed by atoms with Gasteiger partial charge in [0.05, 0.1) is 24.6 Å². The number of aromatic amines is 1. The molecular weight excluding hydrogens is 493 g/mol. The number of esters is 1. The molecule has 0 unspecified atom stereocenters. The molecule has 4 rings (SSSR count). The molecule has 1 amide bonds. The first-order valence-electron chi connectivity index (χ1n) is 10.6. The van der Waals surface area contributed by atoms with Crippen molar-refractivity contribution in [1.82, 2.24) is 15.3 Å². The van der Waals surface area contributed by atoms with Gasteiger partial charge in [-0.05, 0) is 42.0 Å². The number of alkyl halides is 3. The highest BCUT2D eigenvalue weighted by atomic mass is 32.1. The number of hydrogen-bond donors (Lipinski definition) is 3. The molecule has 3 N–H and O–H groups in total. The summed E-state index contributed by atoms with van der Waals surface area (Å²) in [4.78, 5) is 31.7. The van der Waals surface area contributed by atoms with E-state index in [0.717, 1.165) is 12.1 Å². The van der Waals surface area contributed by atoms with Crippen LogP contribution in [-0.4, -0.2) is 33.9 Å². The second-order valence-electron chi connectivity index (χ2n) is 7.75. The number of methoxy groups -OCH3 is 1. The number of H-pyrrole nitrogens is 1.